The molecule has 0 saturated carbocycles. The highest BCUT2D eigenvalue weighted by Crippen LogP contribution is 2.23. The van der Waals surface area contributed by atoms with Crippen molar-refractivity contribution < 1.29 is 13.2 Å². The van der Waals surface area contributed by atoms with Gasteiger partial charge in [-0.3, -0.25) is 0 Å². The largest absolute Gasteiger partial charge is 0.390 e. The average Bonchev–Trinajstić information content (AvgIpc) is 2.14. The average molecular weight is 219 g/mol. The quantitative estimate of drug-likeness (QED) is 0.846. The van der Waals surface area contributed by atoms with Crippen LogP contribution >= 0.6 is 0 Å². The van der Waals surface area contributed by atoms with Gasteiger partial charge in [-0.25, -0.2) is 4.98 Å². The first-order chi connectivity index (χ1) is 6.90. The van der Waals surface area contributed by atoms with Crippen molar-refractivity contribution >= 4 is 11.5 Å². The Morgan fingerprint density at radius 3 is 2.67 bits per heavy atom. The van der Waals surface area contributed by atoms with Gasteiger partial charge in [0.05, 0.1) is 12.1 Å². The SMILES string of the molecule is CN(CCC(F)(F)F)c1cccnc1N. The van der Waals surface area contributed by atoms with Crippen molar-refractivity contribution in [2.45, 2.75) is 12.6 Å². The summed E-state index contributed by atoms with van der Waals surface area (Å²) < 4.78 is 35.9. The van der Waals surface area contributed by atoms with Crippen molar-refractivity contribution in [2.75, 3.05) is 24.2 Å². The molecule has 0 aliphatic heterocycles. The zero-order valence-electron chi connectivity index (χ0n) is 8.25. The van der Waals surface area contributed by atoms with Crippen LogP contribution in [0.5, 0.6) is 0 Å². The van der Waals surface area contributed by atoms with Gasteiger partial charge in [0, 0.05) is 19.8 Å². The summed E-state index contributed by atoms with van der Waals surface area (Å²) in [5.74, 6) is 0.238. The lowest BCUT2D eigenvalue weighted by Gasteiger charge is -2.20. The summed E-state index contributed by atoms with van der Waals surface area (Å²) in [5, 5.41) is 0. The molecule has 0 unspecified atom stereocenters. The Morgan fingerprint density at radius 1 is 1.47 bits per heavy atom. The third kappa shape index (κ3) is 3.65. The molecule has 1 aromatic heterocycles. The molecular formula is C9H12F3N3. The van der Waals surface area contributed by atoms with Crippen molar-refractivity contribution in [3.63, 3.8) is 0 Å². The number of halogens is 3. The number of nitrogens with two attached hydrogens (primary N) is 1. The minimum absolute atomic E-state index is 0.126. The molecule has 1 aromatic rings. The van der Waals surface area contributed by atoms with Crippen LogP contribution in [0.2, 0.25) is 0 Å². The number of nitrogens with zero attached hydrogens (tertiary/aromatic N) is 2. The monoisotopic (exact) mass is 219 g/mol. The highest BCUT2D eigenvalue weighted by Gasteiger charge is 2.27. The summed E-state index contributed by atoms with van der Waals surface area (Å²) in [5.41, 5.74) is 6.04. The van der Waals surface area contributed by atoms with E-state index in [0.717, 1.165) is 0 Å². The molecule has 1 heterocycles. The fraction of sp³-hybridized carbons (Fsp3) is 0.444. The second kappa shape index (κ2) is 4.37. The molecule has 0 bridgehead atoms. The van der Waals surface area contributed by atoms with Crippen LogP contribution in [0.25, 0.3) is 0 Å². The number of rotatable bonds is 3. The Balaban J connectivity index is 2.62. The van der Waals surface area contributed by atoms with Crippen molar-refractivity contribution in [3.8, 4) is 0 Å². The Labute approximate surface area is 85.7 Å². The summed E-state index contributed by atoms with van der Waals surface area (Å²) in [6.45, 7) is -0.126. The van der Waals surface area contributed by atoms with Crippen molar-refractivity contribution in [2.24, 2.45) is 0 Å². The van der Waals surface area contributed by atoms with Crippen molar-refractivity contribution in [1.29, 1.82) is 0 Å². The molecule has 0 fully saturated rings. The number of hydrogen-bond donors (Lipinski definition) is 1. The zero-order chi connectivity index (χ0) is 11.5. The number of anilines is 2. The minimum Gasteiger partial charge on any atom is -0.382 e. The third-order valence-electron chi connectivity index (χ3n) is 1.96. The van der Waals surface area contributed by atoms with Gasteiger partial charge in [0.2, 0.25) is 0 Å². The standard InChI is InChI=1S/C9H12F3N3/c1-15(6-4-9(10,11)12)7-3-2-5-14-8(7)13/h2-3,5H,4,6H2,1H3,(H2,13,14). The Kier molecular flexibility index (Phi) is 3.39. The lowest BCUT2D eigenvalue weighted by atomic mass is 10.3. The van der Waals surface area contributed by atoms with E-state index >= 15 is 0 Å². The summed E-state index contributed by atoms with van der Waals surface area (Å²) >= 11 is 0. The molecular weight excluding hydrogens is 207 g/mol. The summed E-state index contributed by atoms with van der Waals surface area (Å²) in [7, 11) is 1.55. The first kappa shape index (κ1) is 11.6. The fourth-order valence-electron chi connectivity index (χ4n) is 1.15. The predicted molar refractivity (Wildman–Crippen MR) is 52.6 cm³/mol. The molecule has 0 aliphatic carbocycles. The maximum absolute atomic E-state index is 12.0. The summed E-state index contributed by atoms with van der Waals surface area (Å²) in [4.78, 5) is 5.24. The second-order valence-electron chi connectivity index (χ2n) is 3.19. The van der Waals surface area contributed by atoms with Gasteiger partial charge in [-0.05, 0) is 12.1 Å². The molecule has 0 atom stereocenters. The first-order valence-corrected chi connectivity index (χ1v) is 4.38. The molecule has 1 rings (SSSR count). The van der Waals surface area contributed by atoms with E-state index in [9.17, 15) is 13.2 Å². The maximum atomic E-state index is 12.0. The molecule has 3 nitrogen and oxygen atoms in total. The fourth-order valence-corrected chi connectivity index (χ4v) is 1.15. The van der Waals surface area contributed by atoms with Crippen LogP contribution in [0, 0.1) is 0 Å². The van der Waals surface area contributed by atoms with Crippen LogP contribution in [-0.4, -0.2) is 24.8 Å². The molecule has 84 valence electrons. The van der Waals surface area contributed by atoms with E-state index in [0.29, 0.717) is 5.69 Å². The minimum atomic E-state index is -4.15. The van der Waals surface area contributed by atoms with Gasteiger partial charge >= 0.3 is 6.18 Å². The normalized spacial score (nSPS) is 11.5. The zero-order valence-corrected chi connectivity index (χ0v) is 8.25. The Bertz CT molecular complexity index is 325. The van der Waals surface area contributed by atoms with E-state index in [2.05, 4.69) is 4.98 Å². The van der Waals surface area contributed by atoms with Gasteiger partial charge < -0.3 is 10.6 Å². The van der Waals surface area contributed by atoms with Gasteiger partial charge in [-0.1, -0.05) is 0 Å². The maximum Gasteiger partial charge on any atom is 0.390 e. The van der Waals surface area contributed by atoms with Crippen LogP contribution in [0.3, 0.4) is 0 Å². The molecule has 2 N–H and O–H groups in total. The van der Waals surface area contributed by atoms with Gasteiger partial charge in [-0.15, -0.1) is 0 Å². The number of hydrogen-bond acceptors (Lipinski definition) is 3. The number of aromatic nitrogens is 1. The van der Waals surface area contributed by atoms with Crippen molar-refractivity contribution in [1.82, 2.24) is 4.98 Å². The van der Waals surface area contributed by atoms with E-state index in [1.807, 2.05) is 0 Å². The summed E-state index contributed by atoms with van der Waals surface area (Å²) in [6, 6.07) is 3.27. The van der Waals surface area contributed by atoms with Gasteiger partial charge in [0.1, 0.15) is 5.82 Å². The third-order valence-corrected chi connectivity index (χ3v) is 1.96. The van der Waals surface area contributed by atoms with E-state index in [-0.39, 0.29) is 12.4 Å². The molecule has 0 aromatic carbocycles. The first-order valence-electron chi connectivity index (χ1n) is 4.38. The lowest BCUT2D eigenvalue weighted by molar-refractivity contribution is -0.132. The van der Waals surface area contributed by atoms with E-state index in [1.165, 1.54) is 11.1 Å². The van der Waals surface area contributed by atoms with E-state index < -0.39 is 12.6 Å². The number of alkyl halides is 3. The molecule has 0 spiro atoms. The van der Waals surface area contributed by atoms with E-state index in [1.54, 1.807) is 19.2 Å². The molecule has 0 saturated heterocycles. The highest BCUT2D eigenvalue weighted by atomic mass is 19.4. The molecule has 15 heavy (non-hydrogen) atoms. The summed E-state index contributed by atoms with van der Waals surface area (Å²) in [6.07, 6.45) is -3.51. The number of pyridine rings is 1. The lowest BCUT2D eigenvalue weighted by Crippen LogP contribution is -2.24. The molecule has 6 heteroatoms. The number of nitrogen functional groups attached to an aromatic ring is 1. The van der Waals surface area contributed by atoms with Crippen LogP contribution in [0.15, 0.2) is 18.3 Å². The predicted octanol–water partition coefficient (Wildman–Crippen LogP) is 2.05. The molecule has 0 amide bonds. The van der Waals surface area contributed by atoms with Crippen molar-refractivity contribution in [3.05, 3.63) is 18.3 Å². The van der Waals surface area contributed by atoms with Gasteiger partial charge in [-0.2, -0.15) is 13.2 Å². The van der Waals surface area contributed by atoms with Crippen LogP contribution < -0.4 is 10.6 Å². The highest BCUT2D eigenvalue weighted by molar-refractivity contribution is 5.62. The topological polar surface area (TPSA) is 42.2 Å². The van der Waals surface area contributed by atoms with Crippen LogP contribution in [-0.2, 0) is 0 Å². The Morgan fingerprint density at radius 2 is 2.13 bits per heavy atom. The van der Waals surface area contributed by atoms with Gasteiger partial charge in [0.25, 0.3) is 0 Å². The molecule has 0 radical (unpaired) electrons. The van der Waals surface area contributed by atoms with Crippen LogP contribution in [0.1, 0.15) is 6.42 Å². The van der Waals surface area contributed by atoms with Gasteiger partial charge in [0.15, 0.2) is 0 Å². The smallest absolute Gasteiger partial charge is 0.382 e. The molecule has 0 aliphatic rings. The van der Waals surface area contributed by atoms with E-state index in [4.69, 9.17) is 5.73 Å². The van der Waals surface area contributed by atoms with Crippen LogP contribution in [0.4, 0.5) is 24.7 Å². The second-order valence-corrected chi connectivity index (χ2v) is 3.19. The Hall–Kier alpha value is -1.46.